The van der Waals surface area contributed by atoms with Crippen molar-refractivity contribution in [3.05, 3.63) is 37.8 Å². The van der Waals surface area contributed by atoms with Crippen molar-refractivity contribution < 1.29 is 14.3 Å². The highest BCUT2D eigenvalue weighted by Gasteiger charge is 2.28. The second-order valence-corrected chi connectivity index (χ2v) is 6.01. The zero-order valence-electron chi connectivity index (χ0n) is 11.1. The lowest BCUT2D eigenvalue weighted by molar-refractivity contribution is 0.0694. The first kappa shape index (κ1) is 14.1. The molecule has 1 aliphatic heterocycles. The van der Waals surface area contributed by atoms with E-state index in [2.05, 4.69) is 15.9 Å². The van der Waals surface area contributed by atoms with Gasteiger partial charge in [-0.1, -0.05) is 0 Å². The summed E-state index contributed by atoms with van der Waals surface area (Å²) in [4.78, 5) is 23.6. The first-order chi connectivity index (χ1) is 9.84. The van der Waals surface area contributed by atoms with Crippen LogP contribution in [0.2, 0.25) is 0 Å². The molecule has 1 aliphatic rings. The molecule has 21 heavy (non-hydrogen) atoms. The number of hydrogen-bond donors (Lipinski definition) is 2. The SMILES string of the molecule is CC1CCc2c(Br)c(F)c(N)c3c(=O)c(C(=O)O)cn1c23. The molecule has 1 unspecified atom stereocenters. The molecule has 3 N–H and O–H groups in total. The molecule has 7 heteroatoms. The molecule has 0 spiro atoms. The van der Waals surface area contributed by atoms with Gasteiger partial charge in [-0.3, -0.25) is 4.79 Å². The highest BCUT2D eigenvalue weighted by Crippen LogP contribution is 2.39. The summed E-state index contributed by atoms with van der Waals surface area (Å²) < 4.78 is 16.2. The van der Waals surface area contributed by atoms with Gasteiger partial charge in [-0.25, -0.2) is 9.18 Å². The monoisotopic (exact) mass is 354 g/mol. The summed E-state index contributed by atoms with van der Waals surface area (Å²) >= 11 is 3.19. The van der Waals surface area contributed by atoms with Crippen LogP contribution in [0, 0.1) is 5.82 Å². The van der Waals surface area contributed by atoms with Gasteiger partial charge in [0.2, 0.25) is 5.43 Å². The van der Waals surface area contributed by atoms with Gasteiger partial charge in [0, 0.05) is 12.2 Å². The van der Waals surface area contributed by atoms with Crippen molar-refractivity contribution in [2.24, 2.45) is 0 Å². The minimum Gasteiger partial charge on any atom is -0.477 e. The summed E-state index contributed by atoms with van der Waals surface area (Å²) in [6.07, 6.45) is 2.65. The van der Waals surface area contributed by atoms with E-state index in [0.29, 0.717) is 17.5 Å². The van der Waals surface area contributed by atoms with E-state index < -0.39 is 22.8 Å². The minimum absolute atomic E-state index is 0.00969. The van der Waals surface area contributed by atoms with Crippen LogP contribution in [0.15, 0.2) is 15.5 Å². The summed E-state index contributed by atoms with van der Waals surface area (Å²) in [6.45, 7) is 1.92. The lowest BCUT2D eigenvalue weighted by atomic mass is 9.95. The number of aromatic carboxylic acids is 1. The predicted molar refractivity (Wildman–Crippen MR) is 80.3 cm³/mol. The van der Waals surface area contributed by atoms with Crippen LogP contribution in [0.1, 0.15) is 35.3 Å². The Morgan fingerprint density at radius 2 is 2.24 bits per heavy atom. The molecule has 3 rings (SSSR count). The maximum atomic E-state index is 14.2. The van der Waals surface area contributed by atoms with Crippen LogP contribution in [-0.2, 0) is 6.42 Å². The van der Waals surface area contributed by atoms with Crippen LogP contribution in [-0.4, -0.2) is 15.6 Å². The molecule has 0 amide bonds. The Bertz CT molecular complexity index is 860. The maximum absolute atomic E-state index is 14.2. The van der Waals surface area contributed by atoms with Gasteiger partial charge in [0.25, 0.3) is 0 Å². The highest BCUT2D eigenvalue weighted by atomic mass is 79.9. The van der Waals surface area contributed by atoms with E-state index in [1.54, 1.807) is 4.57 Å². The van der Waals surface area contributed by atoms with Gasteiger partial charge in [-0.15, -0.1) is 0 Å². The topological polar surface area (TPSA) is 85.3 Å². The lowest BCUT2D eigenvalue weighted by Gasteiger charge is -2.28. The van der Waals surface area contributed by atoms with Crippen molar-refractivity contribution >= 4 is 38.5 Å². The van der Waals surface area contributed by atoms with Crippen LogP contribution in [0.3, 0.4) is 0 Å². The number of nitrogens with zero attached hydrogens (tertiary/aromatic N) is 1. The Kier molecular flexibility index (Phi) is 3.05. The summed E-state index contributed by atoms with van der Waals surface area (Å²) in [5.41, 5.74) is 5.47. The summed E-state index contributed by atoms with van der Waals surface area (Å²) in [5, 5.41) is 9.13. The van der Waals surface area contributed by atoms with Gasteiger partial charge in [0.15, 0.2) is 5.82 Å². The van der Waals surface area contributed by atoms with Crippen molar-refractivity contribution in [3.63, 3.8) is 0 Å². The number of nitrogens with two attached hydrogens (primary N) is 1. The summed E-state index contributed by atoms with van der Waals surface area (Å²) in [7, 11) is 0. The molecule has 0 bridgehead atoms. The second kappa shape index (κ2) is 4.56. The second-order valence-electron chi connectivity index (χ2n) is 5.22. The molecule has 110 valence electrons. The smallest absolute Gasteiger partial charge is 0.341 e. The van der Waals surface area contributed by atoms with E-state index in [1.165, 1.54) is 6.20 Å². The Hall–Kier alpha value is -1.89. The molecule has 0 saturated heterocycles. The van der Waals surface area contributed by atoms with Gasteiger partial charge in [0.05, 0.1) is 21.1 Å². The lowest BCUT2D eigenvalue weighted by Crippen LogP contribution is -2.25. The van der Waals surface area contributed by atoms with E-state index in [-0.39, 0.29) is 21.6 Å². The fourth-order valence-corrected chi connectivity index (χ4v) is 3.47. The molecule has 1 atom stereocenters. The fraction of sp³-hybridized carbons (Fsp3) is 0.286. The molecule has 0 saturated carbocycles. The maximum Gasteiger partial charge on any atom is 0.341 e. The van der Waals surface area contributed by atoms with E-state index >= 15 is 0 Å². The van der Waals surface area contributed by atoms with Crippen molar-refractivity contribution in [3.8, 4) is 0 Å². The normalized spacial score (nSPS) is 17.2. The molecule has 1 aromatic heterocycles. The van der Waals surface area contributed by atoms with Gasteiger partial charge >= 0.3 is 5.97 Å². The molecule has 0 fully saturated rings. The summed E-state index contributed by atoms with van der Waals surface area (Å²) in [5.74, 6) is -2.05. The molecule has 5 nitrogen and oxygen atoms in total. The van der Waals surface area contributed by atoms with Crippen molar-refractivity contribution in [2.45, 2.75) is 25.8 Å². The Labute approximate surface area is 127 Å². The van der Waals surface area contributed by atoms with Gasteiger partial charge in [-0.05, 0) is 41.3 Å². The highest BCUT2D eigenvalue weighted by molar-refractivity contribution is 9.10. The number of carboxylic acids is 1. The zero-order chi connectivity index (χ0) is 15.5. The number of aromatic nitrogens is 1. The van der Waals surface area contributed by atoms with Crippen LogP contribution in [0.5, 0.6) is 0 Å². The third-order valence-corrected chi connectivity index (χ3v) is 4.83. The Morgan fingerprint density at radius 3 is 2.86 bits per heavy atom. The number of anilines is 1. The number of carboxylic acid groups (broad SMARTS) is 1. The number of halogens is 2. The molecule has 2 aromatic rings. The van der Waals surface area contributed by atoms with E-state index in [1.807, 2.05) is 6.92 Å². The molecule has 2 heterocycles. The molecule has 0 radical (unpaired) electrons. The quantitative estimate of drug-likeness (QED) is 0.771. The predicted octanol–water partition coefficient (Wildman–Crippen LogP) is 2.69. The zero-order valence-corrected chi connectivity index (χ0v) is 12.7. The Morgan fingerprint density at radius 1 is 1.57 bits per heavy atom. The van der Waals surface area contributed by atoms with Crippen molar-refractivity contribution in [1.29, 1.82) is 0 Å². The minimum atomic E-state index is -1.34. The average molecular weight is 355 g/mol. The van der Waals surface area contributed by atoms with E-state index in [4.69, 9.17) is 5.73 Å². The number of rotatable bonds is 1. The number of pyridine rings is 1. The molecule has 0 aliphatic carbocycles. The van der Waals surface area contributed by atoms with Gasteiger partial charge < -0.3 is 15.4 Å². The third-order valence-electron chi connectivity index (χ3n) is 4.00. The number of nitrogen functional groups attached to an aromatic ring is 1. The van der Waals surface area contributed by atoms with Crippen LogP contribution in [0.25, 0.3) is 10.9 Å². The molecular weight excluding hydrogens is 343 g/mol. The Balaban J connectivity index is 2.64. The standard InChI is InChI=1S/C14H12BrFN2O3/c1-5-2-3-6-9(15)10(16)11(17)8-12(6)18(5)4-7(13(8)19)14(20)21/h4-5H,2-3,17H2,1H3,(H,20,21). The van der Waals surface area contributed by atoms with Crippen molar-refractivity contribution in [1.82, 2.24) is 4.57 Å². The third kappa shape index (κ3) is 1.80. The fourth-order valence-electron chi connectivity index (χ4n) is 2.87. The number of benzene rings is 1. The number of carbonyl (C=O) groups is 1. The first-order valence-electron chi connectivity index (χ1n) is 6.42. The first-order valence-corrected chi connectivity index (χ1v) is 7.21. The van der Waals surface area contributed by atoms with Crippen LogP contribution >= 0.6 is 15.9 Å². The van der Waals surface area contributed by atoms with Crippen LogP contribution in [0.4, 0.5) is 10.1 Å². The van der Waals surface area contributed by atoms with Crippen molar-refractivity contribution in [2.75, 3.05) is 5.73 Å². The number of aryl methyl sites for hydroxylation is 1. The van der Waals surface area contributed by atoms with E-state index in [0.717, 1.165) is 6.42 Å². The van der Waals surface area contributed by atoms with Crippen LogP contribution < -0.4 is 11.2 Å². The average Bonchev–Trinajstić information content (AvgIpc) is 2.43. The van der Waals surface area contributed by atoms with E-state index in [9.17, 15) is 19.1 Å². The van der Waals surface area contributed by atoms with Gasteiger partial charge in [-0.2, -0.15) is 0 Å². The number of hydrogen-bond acceptors (Lipinski definition) is 3. The summed E-state index contributed by atoms with van der Waals surface area (Å²) in [6, 6.07) is 0.00969. The molecular formula is C14H12BrFN2O3. The van der Waals surface area contributed by atoms with Gasteiger partial charge in [0.1, 0.15) is 5.56 Å². The molecule has 1 aromatic carbocycles. The largest absolute Gasteiger partial charge is 0.477 e.